The lowest BCUT2D eigenvalue weighted by Crippen LogP contribution is -2.04. The molecule has 0 amide bonds. The number of carbonyl (C=O) groups excluding carboxylic acids is 1. The Kier molecular flexibility index (Phi) is 2.05. The summed E-state index contributed by atoms with van der Waals surface area (Å²) in [6.07, 6.45) is 2.32. The minimum absolute atomic E-state index is 0.0170. The normalized spacial score (nSPS) is 16.9. The van der Waals surface area contributed by atoms with Gasteiger partial charge in [-0.05, 0) is 18.9 Å². The first-order valence-corrected chi connectivity index (χ1v) is 4.36. The van der Waals surface area contributed by atoms with Crippen LogP contribution in [0.15, 0.2) is 17.1 Å². The minimum Gasteiger partial charge on any atom is -0.505 e. The van der Waals surface area contributed by atoms with Crippen LogP contribution in [-0.4, -0.2) is 11.2 Å². The molecule has 1 aliphatic carbocycles. The van der Waals surface area contributed by atoms with Crippen molar-refractivity contribution in [2.24, 2.45) is 4.99 Å². The summed E-state index contributed by atoms with van der Waals surface area (Å²) in [5, 5.41) is 9.39. The van der Waals surface area contributed by atoms with Crippen LogP contribution in [0.3, 0.4) is 0 Å². The van der Waals surface area contributed by atoms with E-state index in [2.05, 4.69) is 4.99 Å². The molecule has 15 heavy (non-hydrogen) atoms. The van der Waals surface area contributed by atoms with Gasteiger partial charge in [0.15, 0.2) is 11.6 Å². The van der Waals surface area contributed by atoms with Crippen LogP contribution in [0, 0.1) is 11.6 Å². The monoisotopic (exact) mass is 211 g/mol. The van der Waals surface area contributed by atoms with Gasteiger partial charge in [0.1, 0.15) is 11.4 Å². The molecule has 78 valence electrons. The molecule has 1 aromatic rings. The van der Waals surface area contributed by atoms with Gasteiger partial charge in [-0.3, -0.25) is 0 Å². The summed E-state index contributed by atoms with van der Waals surface area (Å²) in [6.45, 7) is 0. The predicted octanol–water partition coefficient (Wildman–Crippen LogP) is 2.00. The number of aromatic hydroxyl groups is 1. The van der Waals surface area contributed by atoms with E-state index in [0.29, 0.717) is 18.9 Å². The summed E-state index contributed by atoms with van der Waals surface area (Å²) in [5.41, 5.74) is -0.947. The number of phenols is 1. The average Bonchev–Trinajstić information content (AvgIpc) is 2.93. The Labute approximate surface area is 84.1 Å². The molecule has 0 spiro atoms. The molecule has 2 rings (SSSR count). The number of benzene rings is 1. The summed E-state index contributed by atoms with van der Waals surface area (Å²) in [5.74, 6) is -2.49. The Hall–Kier alpha value is -1.74. The first-order chi connectivity index (χ1) is 7.09. The lowest BCUT2D eigenvalue weighted by atomic mass is 10.0. The Morgan fingerprint density at radius 3 is 2.60 bits per heavy atom. The van der Waals surface area contributed by atoms with E-state index in [9.17, 15) is 18.7 Å². The second kappa shape index (κ2) is 3.14. The van der Waals surface area contributed by atoms with E-state index >= 15 is 0 Å². The molecule has 0 radical (unpaired) electrons. The number of halogens is 2. The summed E-state index contributed by atoms with van der Waals surface area (Å²) >= 11 is 0. The highest BCUT2D eigenvalue weighted by molar-refractivity contribution is 5.47. The van der Waals surface area contributed by atoms with E-state index in [1.807, 2.05) is 0 Å². The van der Waals surface area contributed by atoms with Crippen LogP contribution in [0.25, 0.3) is 0 Å². The highest BCUT2D eigenvalue weighted by Gasteiger charge is 2.47. The Morgan fingerprint density at radius 1 is 1.40 bits per heavy atom. The van der Waals surface area contributed by atoms with Crippen molar-refractivity contribution < 1.29 is 18.7 Å². The van der Waals surface area contributed by atoms with Crippen LogP contribution >= 0.6 is 0 Å². The van der Waals surface area contributed by atoms with Crippen LogP contribution in [-0.2, 0) is 10.3 Å². The average molecular weight is 211 g/mol. The first-order valence-electron chi connectivity index (χ1n) is 4.36. The SMILES string of the molecule is O=C=NC1(c2cc(F)cc(F)c2O)CC1. The molecule has 0 unspecified atom stereocenters. The fourth-order valence-corrected chi connectivity index (χ4v) is 1.57. The van der Waals surface area contributed by atoms with Crippen molar-refractivity contribution in [1.82, 2.24) is 0 Å². The lowest BCUT2D eigenvalue weighted by Gasteiger charge is -2.10. The molecule has 0 aromatic heterocycles. The molecule has 0 aliphatic heterocycles. The van der Waals surface area contributed by atoms with Gasteiger partial charge in [-0.15, -0.1) is 0 Å². The fourth-order valence-electron chi connectivity index (χ4n) is 1.57. The summed E-state index contributed by atoms with van der Waals surface area (Å²) < 4.78 is 25.9. The van der Waals surface area contributed by atoms with Crippen molar-refractivity contribution in [3.05, 3.63) is 29.3 Å². The number of hydrogen-bond donors (Lipinski definition) is 1. The third kappa shape index (κ3) is 1.51. The van der Waals surface area contributed by atoms with Crippen molar-refractivity contribution >= 4 is 6.08 Å². The Balaban J connectivity index is 2.57. The van der Waals surface area contributed by atoms with E-state index < -0.39 is 22.9 Å². The van der Waals surface area contributed by atoms with Gasteiger partial charge in [-0.25, -0.2) is 13.6 Å². The molecule has 0 saturated heterocycles. The molecule has 1 fully saturated rings. The summed E-state index contributed by atoms with van der Waals surface area (Å²) in [6, 6.07) is 1.58. The number of isocyanates is 1. The third-order valence-corrected chi connectivity index (χ3v) is 2.51. The first kappa shape index (κ1) is 9.80. The summed E-state index contributed by atoms with van der Waals surface area (Å²) in [7, 11) is 0. The number of phenolic OH excluding ortho intramolecular Hbond substituents is 1. The van der Waals surface area contributed by atoms with Crippen molar-refractivity contribution in [3.63, 3.8) is 0 Å². The number of aliphatic imine (C=N–C) groups is 1. The fraction of sp³-hybridized carbons (Fsp3) is 0.300. The standard InChI is InChI=1S/C10H7F2NO2/c11-6-3-7(9(15)8(12)4-6)10(1-2-10)13-5-14/h3-4,15H,1-2H2. The lowest BCUT2D eigenvalue weighted by molar-refractivity contribution is 0.413. The zero-order chi connectivity index (χ0) is 11.1. The second-order valence-electron chi connectivity index (χ2n) is 3.52. The highest BCUT2D eigenvalue weighted by Crippen LogP contribution is 2.52. The Morgan fingerprint density at radius 2 is 2.07 bits per heavy atom. The van der Waals surface area contributed by atoms with E-state index in [-0.39, 0.29) is 5.56 Å². The van der Waals surface area contributed by atoms with Gasteiger partial charge in [0.05, 0.1) is 0 Å². The van der Waals surface area contributed by atoms with Crippen LogP contribution in [0.2, 0.25) is 0 Å². The van der Waals surface area contributed by atoms with E-state index in [1.165, 1.54) is 6.08 Å². The van der Waals surface area contributed by atoms with Gasteiger partial charge in [-0.1, -0.05) is 0 Å². The quantitative estimate of drug-likeness (QED) is 0.600. The number of rotatable bonds is 2. The highest BCUT2D eigenvalue weighted by atomic mass is 19.1. The molecule has 1 saturated carbocycles. The molecule has 3 nitrogen and oxygen atoms in total. The van der Waals surface area contributed by atoms with Gasteiger partial charge in [0, 0.05) is 11.6 Å². The maximum absolute atomic E-state index is 13.0. The maximum Gasteiger partial charge on any atom is 0.235 e. The van der Waals surface area contributed by atoms with Crippen LogP contribution in [0.4, 0.5) is 8.78 Å². The molecular weight excluding hydrogens is 204 g/mol. The maximum atomic E-state index is 13.0. The molecule has 0 bridgehead atoms. The Bertz CT molecular complexity index is 463. The molecule has 5 heteroatoms. The van der Waals surface area contributed by atoms with Crippen molar-refractivity contribution in [2.75, 3.05) is 0 Å². The summed E-state index contributed by atoms with van der Waals surface area (Å²) in [4.78, 5) is 13.6. The zero-order valence-electron chi connectivity index (χ0n) is 7.63. The van der Waals surface area contributed by atoms with Gasteiger partial charge in [-0.2, -0.15) is 4.99 Å². The number of hydrogen-bond acceptors (Lipinski definition) is 3. The molecule has 1 aromatic carbocycles. The molecule has 0 atom stereocenters. The second-order valence-corrected chi connectivity index (χ2v) is 3.52. The van der Waals surface area contributed by atoms with E-state index in [0.717, 1.165) is 6.07 Å². The molecule has 1 N–H and O–H groups in total. The van der Waals surface area contributed by atoms with Crippen molar-refractivity contribution in [1.29, 1.82) is 0 Å². The zero-order valence-corrected chi connectivity index (χ0v) is 7.63. The number of nitrogens with zero attached hydrogens (tertiary/aromatic N) is 1. The van der Waals surface area contributed by atoms with Crippen molar-refractivity contribution in [2.45, 2.75) is 18.4 Å². The van der Waals surface area contributed by atoms with Crippen LogP contribution < -0.4 is 0 Å². The van der Waals surface area contributed by atoms with Gasteiger partial charge in [0.25, 0.3) is 0 Å². The minimum atomic E-state index is -1.04. The topological polar surface area (TPSA) is 49.7 Å². The van der Waals surface area contributed by atoms with Crippen LogP contribution in [0.5, 0.6) is 5.75 Å². The molecule has 0 heterocycles. The van der Waals surface area contributed by atoms with Crippen molar-refractivity contribution in [3.8, 4) is 5.75 Å². The van der Waals surface area contributed by atoms with Gasteiger partial charge >= 0.3 is 0 Å². The third-order valence-electron chi connectivity index (χ3n) is 2.51. The van der Waals surface area contributed by atoms with Crippen LogP contribution in [0.1, 0.15) is 18.4 Å². The van der Waals surface area contributed by atoms with Gasteiger partial charge < -0.3 is 5.11 Å². The van der Waals surface area contributed by atoms with E-state index in [4.69, 9.17) is 0 Å². The molecular formula is C10H7F2NO2. The smallest absolute Gasteiger partial charge is 0.235 e. The largest absolute Gasteiger partial charge is 0.505 e. The van der Waals surface area contributed by atoms with Gasteiger partial charge in [0.2, 0.25) is 6.08 Å². The van der Waals surface area contributed by atoms with E-state index in [1.54, 1.807) is 0 Å². The predicted molar refractivity (Wildman–Crippen MR) is 47.1 cm³/mol. The molecule has 1 aliphatic rings.